The average Bonchev–Trinajstić information content (AvgIpc) is 3.65. The van der Waals surface area contributed by atoms with Gasteiger partial charge in [-0.25, -0.2) is 9.18 Å². The van der Waals surface area contributed by atoms with Crippen LogP contribution in [0.25, 0.3) is 0 Å². The highest BCUT2D eigenvalue weighted by atomic mass is 19.1. The van der Waals surface area contributed by atoms with E-state index in [1.807, 2.05) is 4.90 Å². The summed E-state index contributed by atoms with van der Waals surface area (Å²) in [6, 6.07) is 7.16. The zero-order valence-corrected chi connectivity index (χ0v) is 27.8. The van der Waals surface area contributed by atoms with Gasteiger partial charge < -0.3 is 34.4 Å². The van der Waals surface area contributed by atoms with Crippen molar-refractivity contribution in [3.63, 3.8) is 0 Å². The molecule has 11 nitrogen and oxygen atoms in total. The number of carbonyl (C=O) groups excluding carboxylic acids is 2. The minimum Gasteiger partial charge on any atom is -0.504 e. The molecule has 47 heavy (non-hydrogen) atoms. The standard InChI is InChI=1S/C35H47FN4O7/c1-5-8-24(9-6-2)40(25-10-11-27(36)22(3)16-25)31(42)20-39-19-26(23-17-29(41)33-30(18-23)46-21-47-33)32(34(43)44)28(39)12-15-38-14-7-13-37(4)35(38)45/h10-11,16-18,24,26,28,32,41H,5-9,12-15,19-21H2,1-4H3,(H,43,44)/t26-,28+,32-/m1/s1. The lowest BCUT2D eigenvalue weighted by molar-refractivity contribution is -0.143. The van der Waals surface area contributed by atoms with Crippen molar-refractivity contribution in [2.24, 2.45) is 5.92 Å². The lowest BCUT2D eigenvalue weighted by Gasteiger charge is -2.36. The van der Waals surface area contributed by atoms with E-state index in [4.69, 9.17) is 9.47 Å². The summed E-state index contributed by atoms with van der Waals surface area (Å²) in [4.78, 5) is 47.5. The Hall–Kier alpha value is -4.06. The van der Waals surface area contributed by atoms with Gasteiger partial charge in [-0.15, -0.1) is 0 Å². The number of rotatable bonds is 13. The second-order valence-corrected chi connectivity index (χ2v) is 13.0. The highest BCUT2D eigenvalue weighted by Gasteiger charge is 2.48. The first-order chi connectivity index (χ1) is 22.5. The van der Waals surface area contributed by atoms with Crippen LogP contribution in [0.3, 0.4) is 0 Å². The Bertz CT molecular complexity index is 1470. The Kier molecular flexibility index (Phi) is 10.8. The summed E-state index contributed by atoms with van der Waals surface area (Å²) in [5.41, 5.74) is 1.63. The number of aryl methyl sites for hydroxylation is 1. The van der Waals surface area contributed by atoms with Crippen molar-refractivity contribution in [2.75, 3.05) is 51.5 Å². The summed E-state index contributed by atoms with van der Waals surface area (Å²) in [6.07, 6.45) is 4.41. The van der Waals surface area contributed by atoms with E-state index in [0.717, 1.165) is 32.1 Å². The second-order valence-electron chi connectivity index (χ2n) is 13.0. The molecule has 0 aromatic heterocycles. The number of anilines is 1. The van der Waals surface area contributed by atoms with Crippen molar-refractivity contribution in [3.8, 4) is 17.2 Å². The third-order valence-corrected chi connectivity index (χ3v) is 9.79. The first kappa shape index (κ1) is 34.3. The third-order valence-electron chi connectivity index (χ3n) is 9.79. The molecule has 0 spiro atoms. The maximum Gasteiger partial charge on any atom is 0.319 e. The molecule has 2 N–H and O–H groups in total. The van der Waals surface area contributed by atoms with E-state index in [1.165, 1.54) is 12.1 Å². The van der Waals surface area contributed by atoms with Crippen LogP contribution in [0.1, 0.15) is 69.4 Å². The van der Waals surface area contributed by atoms with Crippen LogP contribution in [-0.2, 0) is 9.59 Å². The summed E-state index contributed by atoms with van der Waals surface area (Å²) >= 11 is 0. The molecule has 3 amide bonds. The Morgan fingerprint density at radius 1 is 1.11 bits per heavy atom. The average molecular weight is 655 g/mol. The normalized spacial score (nSPS) is 21.1. The number of hydrogen-bond acceptors (Lipinski definition) is 7. The van der Waals surface area contributed by atoms with E-state index in [-0.39, 0.29) is 55.2 Å². The van der Waals surface area contributed by atoms with Crippen LogP contribution < -0.4 is 14.4 Å². The minimum absolute atomic E-state index is 0.0453. The molecule has 3 aliphatic heterocycles. The number of nitrogens with zero attached hydrogens (tertiary/aromatic N) is 4. The predicted molar refractivity (Wildman–Crippen MR) is 175 cm³/mol. The van der Waals surface area contributed by atoms with Gasteiger partial charge in [-0.3, -0.25) is 14.5 Å². The molecular weight excluding hydrogens is 607 g/mol. The van der Waals surface area contributed by atoms with E-state index in [1.54, 1.807) is 46.9 Å². The SMILES string of the molecule is CCCC(CCC)N(C(=O)CN1C[C@H](c2cc(O)c3c(c2)OCO3)[C@@H](C(=O)O)[C@@H]1CCN1CCCN(C)C1=O)c1ccc(F)c(C)c1. The summed E-state index contributed by atoms with van der Waals surface area (Å²) in [5, 5.41) is 21.4. The van der Waals surface area contributed by atoms with Crippen molar-refractivity contribution >= 4 is 23.6 Å². The molecule has 3 atom stereocenters. The van der Waals surface area contributed by atoms with E-state index < -0.39 is 23.8 Å². The van der Waals surface area contributed by atoms with Gasteiger partial charge in [-0.1, -0.05) is 26.7 Å². The van der Waals surface area contributed by atoms with Crippen LogP contribution in [0.2, 0.25) is 0 Å². The van der Waals surface area contributed by atoms with Gasteiger partial charge in [0.25, 0.3) is 0 Å². The number of fused-ring (bicyclic) bond motifs is 1. The first-order valence-corrected chi connectivity index (χ1v) is 16.7. The number of hydrogen-bond donors (Lipinski definition) is 2. The number of ether oxygens (including phenoxy) is 2. The molecule has 0 aliphatic carbocycles. The topological polar surface area (TPSA) is 123 Å². The maximum absolute atomic E-state index is 14.5. The zero-order valence-electron chi connectivity index (χ0n) is 27.8. The van der Waals surface area contributed by atoms with Crippen LogP contribution in [0.5, 0.6) is 17.2 Å². The molecule has 5 rings (SSSR count). The van der Waals surface area contributed by atoms with Gasteiger partial charge in [0.2, 0.25) is 18.4 Å². The molecule has 0 unspecified atom stereocenters. The number of benzene rings is 2. The molecule has 0 radical (unpaired) electrons. The lowest BCUT2D eigenvalue weighted by atomic mass is 9.84. The van der Waals surface area contributed by atoms with Crippen molar-refractivity contribution in [3.05, 3.63) is 47.3 Å². The van der Waals surface area contributed by atoms with Crippen LogP contribution in [-0.4, -0.2) is 101 Å². The number of likely N-dealkylation sites (tertiary alicyclic amines) is 1. The number of aliphatic carboxylic acids is 1. The summed E-state index contributed by atoms with van der Waals surface area (Å²) < 4.78 is 25.2. The highest BCUT2D eigenvalue weighted by molar-refractivity contribution is 5.95. The molecule has 2 aromatic carbocycles. The number of urea groups is 1. The minimum atomic E-state index is -1.02. The van der Waals surface area contributed by atoms with Gasteiger partial charge in [-0.05, 0) is 74.1 Å². The van der Waals surface area contributed by atoms with Crippen molar-refractivity contribution < 1.29 is 38.5 Å². The summed E-state index contributed by atoms with van der Waals surface area (Å²) in [6.45, 7) is 7.54. The highest BCUT2D eigenvalue weighted by Crippen LogP contribution is 2.47. The van der Waals surface area contributed by atoms with Gasteiger partial charge in [0, 0.05) is 56.9 Å². The molecule has 0 saturated carbocycles. The van der Waals surface area contributed by atoms with E-state index in [2.05, 4.69) is 13.8 Å². The maximum atomic E-state index is 14.5. The Morgan fingerprint density at radius 3 is 2.53 bits per heavy atom. The molecule has 2 aromatic rings. The van der Waals surface area contributed by atoms with E-state index in [0.29, 0.717) is 48.6 Å². The second kappa shape index (κ2) is 14.8. The van der Waals surface area contributed by atoms with Crippen molar-refractivity contribution in [1.82, 2.24) is 14.7 Å². The zero-order chi connectivity index (χ0) is 33.8. The summed E-state index contributed by atoms with van der Waals surface area (Å²) in [5.74, 6) is -2.63. The number of carboxylic acids is 1. The number of aromatic hydroxyl groups is 1. The van der Waals surface area contributed by atoms with Crippen LogP contribution in [0.15, 0.2) is 30.3 Å². The van der Waals surface area contributed by atoms with Gasteiger partial charge in [0.1, 0.15) is 5.82 Å². The van der Waals surface area contributed by atoms with E-state index >= 15 is 0 Å². The van der Waals surface area contributed by atoms with Gasteiger partial charge in [-0.2, -0.15) is 0 Å². The molecule has 3 heterocycles. The number of carbonyl (C=O) groups is 3. The fourth-order valence-corrected chi connectivity index (χ4v) is 7.50. The number of phenols is 1. The first-order valence-electron chi connectivity index (χ1n) is 16.7. The number of phenolic OH excluding ortho intramolecular Hbond substituents is 1. The van der Waals surface area contributed by atoms with Gasteiger partial charge >= 0.3 is 12.0 Å². The molecule has 2 saturated heterocycles. The molecule has 12 heteroatoms. The van der Waals surface area contributed by atoms with Crippen LogP contribution in [0.4, 0.5) is 14.9 Å². The molecular formula is C35H47FN4O7. The molecule has 3 aliphatic rings. The molecule has 0 bridgehead atoms. The fourth-order valence-electron chi connectivity index (χ4n) is 7.50. The van der Waals surface area contributed by atoms with Crippen molar-refractivity contribution in [1.29, 1.82) is 0 Å². The van der Waals surface area contributed by atoms with Crippen LogP contribution >= 0.6 is 0 Å². The lowest BCUT2D eigenvalue weighted by Crippen LogP contribution is -2.50. The smallest absolute Gasteiger partial charge is 0.319 e. The fraction of sp³-hybridized carbons (Fsp3) is 0.571. The predicted octanol–water partition coefficient (Wildman–Crippen LogP) is 5.19. The largest absolute Gasteiger partial charge is 0.504 e. The Balaban J connectivity index is 1.50. The van der Waals surface area contributed by atoms with E-state index in [9.17, 15) is 29.0 Å². The van der Waals surface area contributed by atoms with Crippen molar-refractivity contribution in [2.45, 2.75) is 77.3 Å². The number of amides is 3. The quantitative estimate of drug-likeness (QED) is 0.303. The monoisotopic (exact) mass is 654 g/mol. The van der Waals surface area contributed by atoms with Crippen LogP contribution in [0, 0.1) is 18.7 Å². The summed E-state index contributed by atoms with van der Waals surface area (Å²) in [7, 11) is 1.76. The number of halogens is 1. The van der Waals surface area contributed by atoms with Gasteiger partial charge in [0.15, 0.2) is 11.5 Å². The third kappa shape index (κ3) is 7.27. The Morgan fingerprint density at radius 2 is 1.85 bits per heavy atom. The van der Waals surface area contributed by atoms with Gasteiger partial charge in [0.05, 0.1) is 12.5 Å². The Labute approximate surface area is 275 Å². The molecule has 2 fully saturated rings. The number of carboxylic acid groups (broad SMARTS) is 1. The molecule has 256 valence electrons.